The number of aromatic nitrogens is 1. The highest BCUT2D eigenvalue weighted by Crippen LogP contribution is 2.27. The van der Waals surface area contributed by atoms with Crippen molar-refractivity contribution in [3.63, 3.8) is 0 Å². The summed E-state index contributed by atoms with van der Waals surface area (Å²) in [5.74, 6) is 0. The van der Waals surface area contributed by atoms with Crippen LogP contribution in [0.25, 0.3) is 10.4 Å². The lowest BCUT2D eigenvalue weighted by molar-refractivity contribution is 0.523. The van der Waals surface area contributed by atoms with Gasteiger partial charge in [0, 0.05) is 23.3 Å². The van der Waals surface area contributed by atoms with Crippen LogP contribution in [0, 0.1) is 0 Å². The molecule has 2 nitrogen and oxygen atoms in total. The molecule has 1 heterocycles. The Bertz CT molecular complexity index is 529. The SMILES string of the molecule is Brc1ccc(-c2cnc(CNC3CCCC3)s2)cc1. The molecule has 3 rings (SSSR count). The monoisotopic (exact) mass is 336 g/mol. The van der Waals surface area contributed by atoms with E-state index in [1.54, 1.807) is 11.3 Å². The molecular weight excluding hydrogens is 320 g/mol. The third-order valence-electron chi connectivity index (χ3n) is 3.58. The smallest absolute Gasteiger partial charge is 0.107 e. The summed E-state index contributed by atoms with van der Waals surface area (Å²) < 4.78 is 1.11. The molecule has 0 spiro atoms. The molecule has 1 N–H and O–H groups in total. The number of benzene rings is 1. The maximum atomic E-state index is 4.52. The predicted octanol–water partition coefficient (Wildman–Crippen LogP) is 4.60. The Morgan fingerprint density at radius 3 is 2.68 bits per heavy atom. The standard InChI is InChI=1S/C15H17BrN2S/c16-12-7-5-11(6-8-12)14-9-18-15(19-14)10-17-13-3-1-2-4-13/h5-9,13,17H,1-4,10H2. The molecule has 100 valence electrons. The quantitative estimate of drug-likeness (QED) is 0.882. The number of hydrogen-bond acceptors (Lipinski definition) is 3. The van der Waals surface area contributed by atoms with Crippen molar-refractivity contribution in [1.82, 2.24) is 10.3 Å². The summed E-state index contributed by atoms with van der Waals surface area (Å²) in [4.78, 5) is 5.77. The molecule has 1 saturated carbocycles. The fourth-order valence-electron chi connectivity index (χ4n) is 2.50. The largest absolute Gasteiger partial charge is 0.308 e. The summed E-state index contributed by atoms with van der Waals surface area (Å²) in [5, 5.41) is 4.80. The van der Waals surface area contributed by atoms with Gasteiger partial charge in [0.1, 0.15) is 5.01 Å². The Balaban J connectivity index is 1.63. The van der Waals surface area contributed by atoms with Gasteiger partial charge in [0.05, 0.1) is 4.88 Å². The minimum Gasteiger partial charge on any atom is -0.308 e. The van der Waals surface area contributed by atoms with Crippen LogP contribution in [0.1, 0.15) is 30.7 Å². The van der Waals surface area contributed by atoms with Gasteiger partial charge in [0.25, 0.3) is 0 Å². The van der Waals surface area contributed by atoms with Gasteiger partial charge in [-0.25, -0.2) is 4.98 Å². The second-order valence-corrected chi connectivity index (χ2v) is 7.02. The van der Waals surface area contributed by atoms with Crippen molar-refractivity contribution in [2.24, 2.45) is 0 Å². The summed E-state index contributed by atoms with van der Waals surface area (Å²) in [7, 11) is 0. The van der Waals surface area contributed by atoms with Crippen molar-refractivity contribution < 1.29 is 0 Å². The van der Waals surface area contributed by atoms with Gasteiger partial charge in [0.2, 0.25) is 0 Å². The fourth-order valence-corrected chi connectivity index (χ4v) is 3.64. The molecule has 0 radical (unpaired) electrons. The number of nitrogens with one attached hydrogen (secondary N) is 1. The topological polar surface area (TPSA) is 24.9 Å². The van der Waals surface area contributed by atoms with Crippen LogP contribution in [0.5, 0.6) is 0 Å². The van der Waals surface area contributed by atoms with Gasteiger partial charge < -0.3 is 5.32 Å². The van der Waals surface area contributed by atoms with Crippen molar-refractivity contribution in [1.29, 1.82) is 0 Å². The first kappa shape index (κ1) is 13.3. The molecule has 0 saturated heterocycles. The highest BCUT2D eigenvalue weighted by molar-refractivity contribution is 9.10. The second-order valence-electron chi connectivity index (χ2n) is 4.99. The molecule has 0 aliphatic heterocycles. The average Bonchev–Trinajstić information content (AvgIpc) is 3.09. The second kappa shape index (κ2) is 6.16. The first-order valence-corrected chi connectivity index (χ1v) is 8.36. The number of halogens is 1. The van der Waals surface area contributed by atoms with Crippen LogP contribution in [0.4, 0.5) is 0 Å². The third kappa shape index (κ3) is 3.44. The van der Waals surface area contributed by atoms with Crippen LogP contribution in [0.15, 0.2) is 34.9 Å². The van der Waals surface area contributed by atoms with E-state index in [2.05, 4.69) is 50.5 Å². The molecule has 1 aliphatic carbocycles. The van der Waals surface area contributed by atoms with Crippen molar-refractivity contribution in [3.05, 3.63) is 39.9 Å². The Hall–Kier alpha value is -0.710. The molecule has 0 bridgehead atoms. The highest BCUT2D eigenvalue weighted by Gasteiger charge is 2.14. The minimum absolute atomic E-state index is 0.708. The van der Waals surface area contributed by atoms with Gasteiger partial charge >= 0.3 is 0 Å². The van der Waals surface area contributed by atoms with Gasteiger partial charge in [-0.05, 0) is 30.5 Å². The summed E-state index contributed by atoms with van der Waals surface area (Å²) in [5.41, 5.74) is 1.24. The first-order chi connectivity index (χ1) is 9.31. The zero-order valence-corrected chi connectivity index (χ0v) is 13.1. The van der Waals surface area contributed by atoms with E-state index in [0.717, 1.165) is 11.0 Å². The number of rotatable bonds is 4. The van der Waals surface area contributed by atoms with Gasteiger partial charge in [-0.1, -0.05) is 40.9 Å². The molecule has 0 amide bonds. The molecule has 1 aliphatic rings. The highest BCUT2D eigenvalue weighted by atomic mass is 79.9. The molecule has 2 aromatic rings. The maximum absolute atomic E-state index is 4.52. The molecule has 1 aromatic carbocycles. The average molecular weight is 337 g/mol. The zero-order chi connectivity index (χ0) is 13.1. The molecule has 1 fully saturated rings. The normalized spacial score (nSPS) is 16.1. The Kier molecular flexibility index (Phi) is 4.31. The Labute approximate surface area is 126 Å². The van der Waals surface area contributed by atoms with Crippen LogP contribution >= 0.6 is 27.3 Å². The van der Waals surface area contributed by atoms with Crippen LogP contribution in [0.3, 0.4) is 0 Å². The summed E-state index contributed by atoms with van der Waals surface area (Å²) in [6.45, 7) is 0.909. The molecular formula is C15H17BrN2S. The lowest BCUT2D eigenvalue weighted by Gasteiger charge is -2.09. The molecule has 1 aromatic heterocycles. The summed E-state index contributed by atoms with van der Waals surface area (Å²) >= 11 is 5.25. The van der Waals surface area contributed by atoms with Crippen LogP contribution in [-0.4, -0.2) is 11.0 Å². The third-order valence-corrected chi connectivity index (χ3v) is 5.15. The fraction of sp³-hybridized carbons (Fsp3) is 0.400. The van der Waals surface area contributed by atoms with Crippen molar-refractivity contribution in [2.45, 2.75) is 38.3 Å². The van der Waals surface area contributed by atoms with E-state index in [1.807, 2.05) is 6.20 Å². The number of thiazole rings is 1. The van der Waals surface area contributed by atoms with E-state index >= 15 is 0 Å². The first-order valence-electron chi connectivity index (χ1n) is 6.75. The van der Waals surface area contributed by atoms with E-state index in [9.17, 15) is 0 Å². The van der Waals surface area contributed by atoms with Crippen molar-refractivity contribution >= 4 is 27.3 Å². The summed E-state index contributed by atoms with van der Waals surface area (Å²) in [6.07, 6.45) is 7.38. The lowest BCUT2D eigenvalue weighted by atomic mass is 10.2. The van der Waals surface area contributed by atoms with Crippen molar-refractivity contribution in [3.8, 4) is 10.4 Å². The van der Waals surface area contributed by atoms with Gasteiger partial charge in [-0.15, -0.1) is 11.3 Å². The molecule has 0 unspecified atom stereocenters. The molecule has 19 heavy (non-hydrogen) atoms. The number of nitrogens with zero attached hydrogens (tertiary/aromatic N) is 1. The van der Waals surface area contributed by atoms with E-state index in [1.165, 1.54) is 41.1 Å². The van der Waals surface area contributed by atoms with Crippen LogP contribution in [0.2, 0.25) is 0 Å². The zero-order valence-electron chi connectivity index (χ0n) is 10.7. The maximum Gasteiger partial charge on any atom is 0.107 e. The van der Waals surface area contributed by atoms with Crippen LogP contribution < -0.4 is 5.32 Å². The van der Waals surface area contributed by atoms with E-state index in [4.69, 9.17) is 0 Å². The van der Waals surface area contributed by atoms with Gasteiger partial charge in [-0.3, -0.25) is 0 Å². The predicted molar refractivity (Wildman–Crippen MR) is 84.3 cm³/mol. The molecule has 4 heteroatoms. The van der Waals surface area contributed by atoms with E-state index in [-0.39, 0.29) is 0 Å². The molecule has 0 atom stereocenters. The van der Waals surface area contributed by atoms with Gasteiger partial charge in [0.15, 0.2) is 0 Å². The van der Waals surface area contributed by atoms with Crippen LogP contribution in [-0.2, 0) is 6.54 Å². The number of hydrogen-bond donors (Lipinski definition) is 1. The lowest BCUT2D eigenvalue weighted by Crippen LogP contribution is -2.25. The minimum atomic E-state index is 0.708. The van der Waals surface area contributed by atoms with E-state index < -0.39 is 0 Å². The Morgan fingerprint density at radius 1 is 1.21 bits per heavy atom. The Morgan fingerprint density at radius 2 is 1.95 bits per heavy atom. The van der Waals surface area contributed by atoms with E-state index in [0.29, 0.717) is 6.04 Å². The van der Waals surface area contributed by atoms with Crippen molar-refractivity contribution in [2.75, 3.05) is 0 Å². The van der Waals surface area contributed by atoms with Gasteiger partial charge in [-0.2, -0.15) is 0 Å². The summed E-state index contributed by atoms with van der Waals surface area (Å²) in [6, 6.07) is 9.12.